The Morgan fingerprint density at radius 3 is 2.62 bits per heavy atom. The lowest BCUT2D eigenvalue weighted by molar-refractivity contribution is 0.0532. The van der Waals surface area contributed by atoms with Crippen LogP contribution >= 0.6 is 12.2 Å². The molecule has 0 aliphatic carbocycles. The highest BCUT2D eigenvalue weighted by Gasteiger charge is 2.13. The summed E-state index contributed by atoms with van der Waals surface area (Å²) in [7, 11) is 0. The predicted octanol–water partition coefficient (Wildman–Crippen LogP) is 3.75. The molecule has 4 heteroatoms. The molecule has 0 aromatic carbocycles. The van der Waals surface area contributed by atoms with Crippen LogP contribution in [0.1, 0.15) is 57.7 Å². The third-order valence-corrected chi connectivity index (χ3v) is 2.66. The first-order chi connectivity index (χ1) is 7.58. The quantitative estimate of drug-likeness (QED) is 0.796. The molecule has 0 aliphatic rings. The Bertz CT molecular complexity index is 387. The van der Waals surface area contributed by atoms with Crippen LogP contribution in [0, 0.1) is 4.64 Å². The number of nitrogens with zero attached hydrogens (tertiary/aromatic N) is 1. The van der Waals surface area contributed by atoms with Crippen molar-refractivity contribution in [1.82, 2.24) is 9.97 Å². The molecular formula is C12H20N2OS. The van der Waals surface area contributed by atoms with Crippen LogP contribution in [0.25, 0.3) is 0 Å². The van der Waals surface area contributed by atoms with E-state index in [9.17, 15) is 0 Å². The zero-order chi connectivity index (χ0) is 12.1. The number of nitrogens with one attached hydrogen (secondary N) is 1. The molecule has 1 rings (SSSR count). The summed E-state index contributed by atoms with van der Waals surface area (Å²) in [5.41, 5.74) is 1.12. The van der Waals surface area contributed by atoms with Gasteiger partial charge in [0.05, 0.1) is 0 Å². The second-order valence-corrected chi connectivity index (χ2v) is 4.49. The van der Waals surface area contributed by atoms with Crippen molar-refractivity contribution >= 4 is 12.2 Å². The van der Waals surface area contributed by atoms with E-state index in [0.717, 1.165) is 17.9 Å². The summed E-state index contributed by atoms with van der Waals surface area (Å²) < 4.78 is 6.26. The van der Waals surface area contributed by atoms with Crippen molar-refractivity contribution in [2.24, 2.45) is 0 Å². The Morgan fingerprint density at radius 1 is 1.44 bits per heavy atom. The molecule has 1 unspecified atom stereocenters. The number of rotatable bonds is 5. The minimum absolute atomic E-state index is 0.0189. The van der Waals surface area contributed by atoms with Crippen molar-refractivity contribution < 1.29 is 4.74 Å². The van der Waals surface area contributed by atoms with E-state index in [0.29, 0.717) is 17.2 Å². The van der Waals surface area contributed by atoms with Crippen LogP contribution in [-0.4, -0.2) is 16.6 Å². The maximum Gasteiger partial charge on any atom is 0.137 e. The van der Waals surface area contributed by atoms with Gasteiger partial charge in [0.1, 0.15) is 16.6 Å². The molecular weight excluding hydrogens is 220 g/mol. The van der Waals surface area contributed by atoms with Crippen molar-refractivity contribution in [1.29, 1.82) is 0 Å². The van der Waals surface area contributed by atoms with E-state index >= 15 is 0 Å². The maximum absolute atomic E-state index is 5.63. The van der Waals surface area contributed by atoms with Crippen molar-refractivity contribution in [3.63, 3.8) is 0 Å². The summed E-state index contributed by atoms with van der Waals surface area (Å²) in [6.45, 7) is 9.02. The molecule has 1 N–H and O–H groups in total. The standard InChI is InChI=1S/C12H20N2OS/c1-5-10(15-6-2)12-13-9(8(3)4)7-11(16)14-12/h7-8,10H,5-6H2,1-4H3,(H,13,14,16). The van der Waals surface area contributed by atoms with E-state index in [-0.39, 0.29) is 6.10 Å². The number of H-pyrrole nitrogens is 1. The Kier molecular flexibility index (Phi) is 5.09. The summed E-state index contributed by atoms with van der Waals surface area (Å²) in [5, 5.41) is 0. The lowest BCUT2D eigenvalue weighted by Gasteiger charge is -2.16. The average Bonchev–Trinajstić information content (AvgIpc) is 2.24. The number of hydrogen-bond donors (Lipinski definition) is 1. The lowest BCUT2D eigenvalue weighted by atomic mass is 10.1. The fourth-order valence-electron chi connectivity index (χ4n) is 1.55. The van der Waals surface area contributed by atoms with Crippen LogP contribution in [-0.2, 0) is 4.74 Å². The van der Waals surface area contributed by atoms with Crippen molar-refractivity contribution in [3.05, 3.63) is 22.2 Å². The first-order valence-corrected chi connectivity index (χ1v) is 6.22. The normalized spacial score (nSPS) is 13.1. The van der Waals surface area contributed by atoms with E-state index in [1.54, 1.807) is 0 Å². The zero-order valence-electron chi connectivity index (χ0n) is 10.4. The fraction of sp³-hybridized carbons (Fsp3) is 0.667. The van der Waals surface area contributed by atoms with Gasteiger partial charge in [0.2, 0.25) is 0 Å². The van der Waals surface area contributed by atoms with Gasteiger partial charge < -0.3 is 9.72 Å². The third-order valence-electron chi connectivity index (χ3n) is 2.45. The molecule has 1 aromatic heterocycles. The maximum atomic E-state index is 5.63. The monoisotopic (exact) mass is 240 g/mol. The Morgan fingerprint density at radius 2 is 2.12 bits per heavy atom. The van der Waals surface area contributed by atoms with Crippen molar-refractivity contribution in [3.8, 4) is 0 Å². The average molecular weight is 240 g/mol. The van der Waals surface area contributed by atoms with Gasteiger partial charge in [-0.2, -0.15) is 0 Å². The van der Waals surface area contributed by atoms with E-state index < -0.39 is 0 Å². The van der Waals surface area contributed by atoms with Gasteiger partial charge >= 0.3 is 0 Å². The van der Waals surface area contributed by atoms with Gasteiger partial charge in [-0.05, 0) is 25.3 Å². The van der Waals surface area contributed by atoms with Crippen LogP contribution < -0.4 is 0 Å². The van der Waals surface area contributed by atoms with Gasteiger partial charge in [-0.3, -0.25) is 0 Å². The predicted molar refractivity (Wildman–Crippen MR) is 68.2 cm³/mol. The second kappa shape index (κ2) is 6.11. The van der Waals surface area contributed by atoms with Gasteiger partial charge in [0.25, 0.3) is 0 Å². The van der Waals surface area contributed by atoms with Crippen molar-refractivity contribution in [2.45, 2.75) is 46.1 Å². The third kappa shape index (κ3) is 3.39. The second-order valence-electron chi connectivity index (χ2n) is 4.07. The largest absolute Gasteiger partial charge is 0.371 e. The molecule has 0 radical (unpaired) electrons. The number of ether oxygens (including phenoxy) is 1. The molecule has 3 nitrogen and oxygen atoms in total. The van der Waals surface area contributed by atoms with E-state index in [1.165, 1.54) is 0 Å². The van der Waals surface area contributed by atoms with Crippen LogP contribution in [0.15, 0.2) is 6.07 Å². The number of aromatic nitrogens is 2. The summed E-state index contributed by atoms with van der Waals surface area (Å²) in [6, 6.07) is 1.92. The van der Waals surface area contributed by atoms with Crippen LogP contribution in [0.4, 0.5) is 0 Å². The van der Waals surface area contributed by atoms with Gasteiger partial charge in [-0.15, -0.1) is 0 Å². The molecule has 0 aliphatic heterocycles. The van der Waals surface area contributed by atoms with Gasteiger partial charge in [-0.25, -0.2) is 4.98 Å². The topological polar surface area (TPSA) is 37.9 Å². The first-order valence-electron chi connectivity index (χ1n) is 5.81. The molecule has 0 saturated carbocycles. The molecule has 90 valence electrons. The smallest absolute Gasteiger partial charge is 0.137 e. The zero-order valence-corrected chi connectivity index (χ0v) is 11.2. The highest BCUT2D eigenvalue weighted by atomic mass is 32.1. The summed E-state index contributed by atoms with van der Waals surface area (Å²) in [4.78, 5) is 7.66. The van der Waals surface area contributed by atoms with Gasteiger partial charge in [0.15, 0.2) is 0 Å². The minimum atomic E-state index is 0.0189. The molecule has 0 spiro atoms. The fourth-order valence-corrected chi connectivity index (χ4v) is 1.78. The Balaban J connectivity index is 3.07. The molecule has 0 fully saturated rings. The number of hydrogen-bond acceptors (Lipinski definition) is 3. The van der Waals surface area contributed by atoms with Crippen LogP contribution in [0.2, 0.25) is 0 Å². The highest BCUT2D eigenvalue weighted by molar-refractivity contribution is 7.71. The number of aromatic amines is 1. The molecule has 1 aromatic rings. The summed E-state index contributed by atoms with van der Waals surface area (Å²) in [5.74, 6) is 1.27. The summed E-state index contributed by atoms with van der Waals surface area (Å²) in [6.07, 6.45) is 0.915. The van der Waals surface area contributed by atoms with Crippen LogP contribution in [0.5, 0.6) is 0 Å². The molecule has 0 amide bonds. The van der Waals surface area contributed by atoms with Crippen molar-refractivity contribution in [2.75, 3.05) is 6.61 Å². The summed E-state index contributed by atoms with van der Waals surface area (Å²) >= 11 is 5.17. The highest BCUT2D eigenvalue weighted by Crippen LogP contribution is 2.19. The van der Waals surface area contributed by atoms with Crippen LogP contribution in [0.3, 0.4) is 0 Å². The van der Waals surface area contributed by atoms with E-state index in [4.69, 9.17) is 17.0 Å². The molecule has 16 heavy (non-hydrogen) atoms. The Labute approximate surface area is 102 Å². The molecule has 0 saturated heterocycles. The van der Waals surface area contributed by atoms with Gasteiger partial charge in [-0.1, -0.05) is 33.0 Å². The minimum Gasteiger partial charge on any atom is -0.371 e. The Hall–Kier alpha value is -0.740. The van der Waals surface area contributed by atoms with E-state index in [1.807, 2.05) is 13.0 Å². The molecule has 1 heterocycles. The van der Waals surface area contributed by atoms with Gasteiger partial charge in [0, 0.05) is 12.3 Å². The molecule has 1 atom stereocenters. The van der Waals surface area contributed by atoms with E-state index in [2.05, 4.69) is 30.7 Å². The first kappa shape index (κ1) is 13.3. The molecule has 0 bridgehead atoms. The lowest BCUT2D eigenvalue weighted by Crippen LogP contribution is -2.10. The SMILES string of the molecule is CCOC(CC)c1nc(=S)cc(C(C)C)[nH]1.